The van der Waals surface area contributed by atoms with Gasteiger partial charge in [0.2, 0.25) is 5.91 Å². The maximum Gasteiger partial charge on any atom is 0.228 e. The molecule has 5 nitrogen and oxygen atoms in total. The SMILES string of the molecule is Cc1ccc(CN(C)C(=O)[C@H]2CCO[C@@H]2c2cnn(C(C)C)c2)s1. The fraction of sp³-hybridized carbons (Fsp3) is 0.556. The number of carbonyl (C=O) groups is 1. The van der Waals surface area contributed by atoms with Crippen LogP contribution in [0.25, 0.3) is 0 Å². The minimum atomic E-state index is -0.183. The highest BCUT2D eigenvalue weighted by Gasteiger charge is 2.37. The molecule has 0 N–H and O–H groups in total. The first kappa shape index (κ1) is 17.2. The Balaban J connectivity index is 1.70. The number of amides is 1. The van der Waals surface area contributed by atoms with Gasteiger partial charge in [-0.3, -0.25) is 9.48 Å². The number of hydrogen-bond donors (Lipinski definition) is 0. The Labute approximate surface area is 147 Å². The fourth-order valence-electron chi connectivity index (χ4n) is 3.12. The topological polar surface area (TPSA) is 47.4 Å². The largest absolute Gasteiger partial charge is 0.373 e. The highest BCUT2D eigenvalue weighted by atomic mass is 32.1. The Bertz CT molecular complexity index is 707. The van der Waals surface area contributed by atoms with Gasteiger partial charge in [-0.2, -0.15) is 5.10 Å². The number of aromatic nitrogens is 2. The van der Waals surface area contributed by atoms with E-state index in [1.165, 1.54) is 9.75 Å². The van der Waals surface area contributed by atoms with E-state index in [0.29, 0.717) is 19.2 Å². The smallest absolute Gasteiger partial charge is 0.228 e. The molecule has 0 aliphatic carbocycles. The second-order valence-corrected chi connectivity index (χ2v) is 8.11. The minimum absolute atomic E-state index is 0.124. The Morgan fingerprint density at radius 2 is 2.29 bits per heavy atom. The molecular formula is C18H25N3O2S. The maximum atomic E-state index is 12.9. The van der Waals surface area contributed by atoms with Crippen molar-refractivity contribution >= 4 is 17.2 Å². The average Bonchev–Trinajstić information content (AvgIpc) is 3.25. The number of thiophene rings is 1. The maximum absolute atomic E-state index is 12.9. The van der Waals surface area contributed by atoms with Crippen LogP contribution in [0.5, 0.6) is 0 Å². The molecule has 1 fully saturated rings. The highest BCUT2D eigenvalue weighted by molar-refractivity contribution is 7.11. The van der Waals surface area contributed by atoms with Crippen molar-refractivity contribution in [2.24, 2.45) is 5.92 Å². The lowest BCUT2D eigenvalue weighted by atomic mass is 9.96. The first-order valence-electron chi connectivity index (χ1n) is 8.41. The van der Waals surface area contributed by atoms with E-state index in [1.807, 2.05) is 29.0 Å². The molecule has 1 amide bonds. The van der Waals surface area contributed by atoms with Gasteiger partial charge in [0.05, 0.1) is 24.8 Å². The first-order valence-corrected chi connectivity index (χ1v) is 9.23. The molecule has 0 bridgehead atoms. The molecule has 1 aliphatic heterocycles. The molecule has 1 aliphatic rings. The van der Waals surface area contributed by atoms with Crippen LogP contribution in [0, 0.1) is 12.8 Å². The van der Waals surface area contributed by atoms with Crippen molar-refractivity contribution in [2.45, 2.75) is 45.9 Å². The third kappa shape index (κ3) is 3.54. The number of aryl methyl sites for hydroxylation is 1. The van der Waals surface area contributed by atoms with Crippen LogP contribution in [0.1, 0.15) is 47.7 Å². The molecule has 3 rings (SSSR count). The summed E-state index contributed by atoms with van der Waals surface area (Å²) < 4.78 is 7.79. The second kappa shape index (κ2) is 7.07. The molecule has 2 aromatic heterocycles. The fourth-order valence-corrected chi connectivity index (χ4v) is 4.06. The molecule has 24 heavy (non-hydrogen) atoms. The summed E-state index contributed by atoms with van der Waals surface area (Å²) in [5, 5.41) is 4.38. The molecule has 1 saturated heterocycles. The molecule has 2 atom stereocenters. The van der Waals surface area contributed by atoms with Crippen molar-refractivity contribution < 1.29 is 9.53 Å². The monoisotopic (exact) mass is 347 g/mol. The zero-order valence-corrected chi connectivity index (χ0v) is 15.5. The summed E-state index contributed by atoms with van der Waals surface area (Å²) in [7, 11) is 1.88. The summed E-state index contributed by atoms with van der Waals surface area (Å²) >= 11 is 1.74. The second-order valence-electron chi connectivity index (χ2n) is 6.74. The molecule has 0 unspecified atom stereocenters. The van der Waals surface area contributed by atoms with Gasteiger partial charge in [0.15, 0.2) is 0 Å². The molecule has 0 aromatic carbocycles. The highest BCUT2D eigenvalue weighted by Crippen LogP contribution is 2.36. The van der Waals surface area contributed by atoms with Gasteiger partial charge < -0.3 is 9.64 Å². The van der Waals surface area contributed by atoms with E-state index < -0.39 is 0 Å². The number of ether oxygens (including phenoxy) is 1. The van der Waals surface area contributed by atoms with Crippen molar-refractivity contribution in [3.05, 3.63) is 39.8 Å². The molecular weight excluding hydrogens is 322 g/mol. The van der Waals surface area contributed by atoms with E-state index >= 15 is 0 Å². The lowest BCUT2D eigenvalue weighted by Gasteiger charge is -2.23. The number of rotatable bonds is 5. The number of hydrogen-bond acceptors (Lipinski definition) is 4. The van der Waals surface area contributed by atoms with E-state index in [0.717, 1.165) is 12.0 Å². The quantitative estimate of drug-likeness (QED) is 0.831. The molecule has 130 valence electrons. The van der Waals surface area contributed by atoms with Crippen molar-refractivity contribution in [3.63, 3.8) is 0 Å². The Morgan fingerprint density at radius 3 is 2.92 bits per heavy atom. The van der Waals surface area contributed by atoms with E-state index in [9.17, 15) is 4.79 Å². The predicted molar refractivity (Wildman–Crippen MR) is 94.9 cm³/mol. The van der Waals surface area contributed by atoms with Gasteiger partial charge in [-0.1, -0.05) is 0 Å². The summed E-state index contributed by atoms with van der Waals surface area (Å²) in [6, 6.07) is 4.50. The van der Waals surface area contributed by atoms with Gasteiger partial charge in [0.25, 0.3) is 0 Å². The zero-order valence-electron chi connectivity index (χ0n) is 14.7. The van der Waals surface area contributed by atoms with Crippen LogP contribution in [0.15, 0.2) is 24.5 Å². The van der Waals surface area contributed by atoms with E-state index in [1.54, 1.807) is 11.3 Å². The summed E-state index contributed by atoms with van der Waals surface area (Å²) in [5.74, 6) is 0.0294. The van der Waals surface area contributed by atoms with Gasteiger partial charge >= 0.3 is 0 Å². The van der Waals surface area contributed by atoms with Gasteiger partial charge in [-0.25, -0.2) is 0 Å². The van der Waals surface area contributed by atoms with Crippen LogP contribution in [0.4, 0.5) is 0 Å². The van der Waals surface area contributed by atoms with E-state index in [-0.39, 0.29) is 17.9 Å². The molecule has 0 radical (unpaired) electrons. The van der Waals surface area contributed by atoms with Gasteiger partial charge in [-0.05, 0) is 39.3 Å². The molecule has 3 heterocycles. The number of nitrogens with zero attached hydrogens (tertiary/aromatic N) is 3. The van der Waals surface area contributed by atoms with Gasteiger partial charge in [0, 0.05) is 41.2 Å². The average molecular weight is 347 g/mol. The summed E-state index contributed by atoms with van der Waals surface area (Å²) in [6.07, 6.45) is 4.42. The van der Waals surface area contributed by atoms with Crippen LogP contribution in [0.2, 0.25) is 0 Å². The Morgan fingerprint density at radius 1 is 1.50 bits per heavy atom. The van der Waals surface area contributed by atoms with E-state index in [4.69, 9.17) is 4.74 Å². The summed E-state index contributed by atoms with van der Waals surface area (Å²) in [4.78, 5) is 17.2. The van der Waals surface area contributed by atoms with Crippen molar-refractivity contribution in [1.82, 2.24) is 14.7 Å². The van der Waals surface area contributed by atoms with Crippen LogP contribution >= 0.6 is 11.3 Å². The number of carbonyl (C=O) groups excluding carboxylic acids is 1. The summed E-state index contributed by atoms with van der Waals surface area (Å²) in [6.45, 7) is 7.55. The standard InChI is InChI=1S/C18H25N3O2S/c1-12(2)21-10-14(9-19-21)17-16(7-8-23-17)18(22)20(4)11-15-6-5-13(3)24-15/h5-6,9-10,12,16-17H,7-8,11H2,1-4H3/t16-,17+/m0/s1. The Hall–Kier alpha value is -1.66. The minimum Gasteiger partial charge on any atom is -0.373 e. The van der Waals surface area contributed by atoms with Gasteiger partial charge in [0.1, 0.15) is 0 Å². The molecule has 6 heteroatoms. The van der Waals surface area contributed by atoms with Crippen LogP contribution in [-0.4, -0.2) is 34.2 Å². The molecule has 0 spiro atoms. The van der Waals surface area contributed by atoms with Crippen molar-refractivity contribution in [2.75, 3.05) is 13.7 Å². The predicted octanol–water partition coefficient (Wildman–Crippen LogP) is 3.57. The van der Waals surface area contributed by atoms with Crippen LogP contribution in [-0.2, 0) is 16.1 Å². The zero-order chi connectivity index (χ0) is 17.3. The van der Waals surface area contributed by atoms with Crippen molar-refractivity contribution in [1.29, 1.82) is 0 Å². The first-order chi connectivity index (χ1) is 11.5. The van der Waals surface area contributed by atoms with Crippen molar-refractivity contribution in [3.8, 4) is 0 Å². The Kier molecular flexibility index (Phi) is 5.06. The van der Waals surface area contributed by atoms with E-state index in [2.05, 4.69) is 38.0 Å². The third-order valence-corrected chi connectivity index (χ3v) is 5.44. The lowest BCUT2D eigenvalue weighted by Crippen LogP contribution is -2.33. The van der Waals surface area contributed by atoms with Gasteiger partial charge in [-0.15, -0.1) is 11.3 Å². The molecule has 0 saturated carbocycles. The normalized spacial score (nSPS) is 20.7. The molecule has 2 aromatic rings. The van der Waals surface area contributed by atoms with Crippen LogP contribution < -0.4 is 0 Å². The summed E-state index contributed by atoms with van der Waals surface area (Å²) in [5.41, 5.74) is 1.000. The van der Waals surface area contributed by atoms with Crippen LogP contribution in [0.3, 0.4) is 0 Å². The lowest BCUT2D eigenvalue weighted by molar-refractivity contribution is -0.136. The third-order valence-electron chi connectivity index (χ3n) is 4.45.